The molecule has 2 N–H and O–H groups in total. The molecule has 0 aromatic carbocycles. The number of fused-ring (bicyclic) bond motifs is 1. The Morgan fingerprint density at radius 2 is 2.33 bits per heavy atom. The number of nitrogens with zero attached hydrogens (tertiary/aromatic N) is 4. The maximum Gasteiger partial charge on any atom is 0.276 e. The highest BCUT2D eigenvalue weighted by Gasteiger charge is 2.19. The van der Waals surface area contributed by atoms with Gasteiger partial charge in [-0.2, -0.15) is 10.1 Å². The SMILES string of the molecule is CCCc1nc2ccc(Cl)cn2c1C(=O)Nc1ncn[nH]1. The molecular weight excluding hydrogens is 292 g/mol. The minimum absolute atomic E-state index is 0.291. The molecule has 0 fully saturated rings. The van der Waals surface area contributed by atoms with Crippen molar-refractivity contribution < 1.29 is 4.79 Å². The molecule has 8 heteroatoms. The van der Waals surface area contributed by atoms with Crippen molar-refractivity contribution in [2.24, 2.45) is 0 Å². The minimum Gasteiger partial charge on any atom is -0.294 e. The lowest BCUT2D eigenvalue weighted by Crippen LogP contribution is -2.17. The van der Waals surface area contributed by atoms with E-state index in [1.54, 1.807) is 22.7 Å². The van der Waals surface area contributed by atoms with Crippen molar-refractivity contribution in [2.75, 3.05) is 5.32 Å². The highest BCUT2D eigenvalue weighted by atomic mass is 35.5. The van der Waals surface area contributed by atoms with Crippen molar-refractivity contribution >= 4 is 29.1 Å². The van der Waals surface area contributed by atoms with Gasteiger partial charge in [0.1, 0.15) is 17.7 Å². The molecule has 7 nitrogen and oxygen atoms in total. The van der Waals surface area contributed by atoms with Crippen LogP contribution in [0.2, 0.25) is 5.02 Å². The van der Waals surface area contributed by atoms with E-state index in [1.807, 2.05) is 6.92 Å². The fourth-order valence-corrected chi connectivity index (χ4v) is 2.31. The number of hydrogen-bond acceptors (Lipinski definition) is 4. The Morgan fingerprint density at radius 3 is 3.05 bits per heavy atom. The second-order valence-corrected chi connectivity index (χ2v) is 4.96. The standard InChI is InChI=1S/C13H13ClN6O/c1-2-3-9-11(12(21)18-13-15-7-16-19-13)20-6-8(14)4-5-10(20)17-9/h4-7H,2-3H2,1H3,(H2,15,16,18,19,21). The van der Waals surface area contributed by atoms with Crippen LogP contribution in [0.15, 0.2) is 24.7 Å². The Labute approximate surface area is 125 Å². The first kappa shape index (κ1) is 13.6. The van der Waals surface area contributed by atoms with Crippen molar-refractivity contribution in [3.05, 3.63) is 41.1 Å². The first-order valence-corrected chi connectivity index (χ1v) is 6.90. The molecule has 1 amide bonds. The Bertz CT molecular complexity index is 779. The lowest BCUT2D eigenvalue weighted by Gasteiger charge is -2.04. The minimum atomic E-state index is -0.301. The molecule has 0 spiro atoms. The molecule has 108 valence electrons. The van der Waals surface area contributed by atoms with E-state index in [9.17, 15) is 4.79 Å². The van der Waals surface area contributed by atoms with Gasteiger partial charge < -0.3 is 0 Å². The molecule has 0 aliphatic carbocycles. The summed E-state index contributed by atoms with van der Waals surface area (Å²) in [6.07, 6.45) is 4.60. The number of H-pyrrole nitrogens is 1. The number of aromatic amines is 1. The van der Waals surface area contributed by atoms with Gasteiger partial charge in [0.15, 0.2) is 0 Å². The predicted octanol–water partition coefficient (Wildman–Crippen LogP) is 2.31. The van der Waals surface area contributed by atoms with E-state index in [0.717, 1.165) is 12.1 Å². The Balaban J connectivity index is 2.07. The third-order valence-electron chi connectivity index (χ3n) is 3.00. The van der Waals surface area contributed by atoms with Gasteiger partial charge in [0.05, 0.1) is 10.7 Å². The molecule has 0 saturated heterocycles. The van der Waals surface area contributed by atoms with Crippen LogP contribution in [0.5, 0.6) is 0 Å². The Hall–Kier alpha value is -2.41. The molecule has 0 bridgehead atoms. The van der Waals surface area contributed by atoms with Gasteiger partial charge in [0.2, 0.25) is 5.95 Å². The number of rotatable bonds is 4. The van der Waals surface area contributed by atoms with E-state index >= 15 is 0 Å². The molecule has 0 aliphatic heterocycles. The number of carbonyl (C=O) groups excluding carboxylic acids is 1. The highest BCUT2D eigenvalue weighted by Crippen LogP contribution is 2.18. The van der Waals surface area contributed by atoms with E-state index in [0.29, 0.717) is 28.7 Å². The third-order valence-corrected chi connectivity index (χ3v) is 3.23. The zero-order chi connectivity index (χ0) is 14.8. The molecule has 0 radical (unpaired) electrons. The number of amides is 1. The normalized spacial score (nSPS) is 11.0. The summed E-state index contributed by atoms with van der Waals surface area (Å²) in [4.78, 5) is 20.9. The number of imidazole rings is 1. The van der Waals surface area contributed by atoms with Crippen LogP contribution in [-0.2, 0) is 6.42 Å². The Kier molecular flexibility index (Phi) is 3.57. The summed E-state index contributed by atoms with van der Waals surface area (Å²) >= 11 is 6.02. The predicted molar refractivity (Wildman–Crippen MR) is 78.5 cm³/mol. The number of halogens is 1. The highest BCUT2D eigenvalue weighted by molar-refractivity contribution is 6.30. The van der Waals surface area contributed by atoms with Gasteiger partial charge >= 0.3 is 0 Å². The van der Waals surface area contributed by atoms with Gasteiger partial charge in [0, 0.05) is 6.20 Å². The lowest BCUT2D eigenvalue weighted by molar-refractivity contribution is 0.101. The molecule has 3 aromatic heterocycles. The fourth-order valence-electron chi connectivity index (χ4n) is 2.15. The van der Waals surface area contributed by atoms with Gasteiger partial charge in [0.25, 0.3) is 5.91 Å². The number of aromatic nitrogens is 5. The van der Waals surface area contributed by atoms with E-state index in [2.05, 4.69) is 25.5 Å². The van der Waals surface area contributed by atoms with Crippen LogP contribution in [0, 0.1) is 0 Å². The maximum absolute atomic E-state index is 12.5. The molecule has 0 atom stereocenters. The van der Waals surface area contributed by atoms with Crippen LogP contribution in [0.1, 0.15) is 29.5 Å². The summed E-state index contributed by atoms with van der Waals surface area (Å²) in [7, 11) is 0. The Morgan fingerprint density at radius 1 is 1.48 bits per heavy atom. The fraction of sp³-hybridized carbons (Fsp3) is 0.231. The second-order valence-electron chi connectivity index (χ2n) is 4.52. The topological polar surface area (TPSA) is 88.0 Å². The monoisotopic (exact) mass is 304 g/mol. The van der Waals surface area contributed by atoms with Crippen molar-refractivity contribution in [1.29, 1.82) is 0 Å². The quantitative estimate of drug-likeness (QED) is 0.774. The van der Waals surface area contributed by atoms with Crippen LogP contribution in [0.3, 0.4) is 0 Å². The van der Waals surface area contributed by atoms with Crippen molar-refractivity contribution in [3.8, 4) is 0 Å². The molecule has 0 aliphatic rings. The molecule has 21 heavy (non-hydrogen) atoms. The van der Waals surface area contributed by atoms with Crippen molar-refractivity contribution in [2.45, 2.75) is 19.8 Å². The summed E-state index contributed by atoms with van der Waals surface area (Å²) in [5, 5.41) is 9.49. The van der Waals surface area contributed by atoms with Crippen LogP contribution in [0.25, 0.3) is 5.65 Å². The maximum atomic E-state index is 12.5. The van der Waals surface area contributed by atoms with Crippen molar-refractivity contribution in [3.63, 3.8) is 0 Å². The van der Waals surface area contributed by atoms with E-state index < -0.39 is 0 Å². The van der Waals surface area contributed by atoms with Gasteiger partial charge in [-0.1, -0.05) is 24.9 Å². The summed E-state index contributed by atoms with van der Waals surface area (Å²) in [6.45, 7) is 2.04. The number of hydrogen-bond donors (Lipinski definition) is 2. The summed E-state index contributed by atoms with van der Waals surface area (Å²) in [5.41, 5.74) is 1.88. The van der Waals surface area contributed by atoms with E-state index in [4.69, 9.17) is 11.6 Å². The number of pyridine rings is 1. The summed E-state index contributed by atoms with van der Waals surface area (Å²) in [6, 6.07) is 3.53. The number of nitrogens with one attached hydrogen (secondary N) is 2. The van der Waals surface area contributed by atoms with Gasteiger partial charge in [-0.25, -0.2) is 10.1 Å². The van der Waals surface area contributed by atoms with Gasteiger partial charge in [-0.3, -0.25) is 14.5 Å². The van der Waals surface area contributed by atoms with E-state index in [1.165, 1.54) is 6.33 Å². The van der Waals surface area contributed by atoms with Crippen LogP contribution < -0.4 is 5.32 Å². The molecule has 3 aromatic rings. The molecular formula is C13H13ClN6O. The summed E-state index contributed by atoms with van der Waals surface area (Å²) in [5.74, 6) is -0.00982. The van der Waals surface area contributed by atoms with Crippen LogP contribution in [0.4, 0.5) is 5.95 Å². The van der Waals surface area contributed by atoms with Crippen LogP contribution in [-0.4, -0.2) is 30.5 Å². The van der Waals surface area contributed by atoms with Crippen LogP contribution >= 0.6 is 11.6 Å². The third kappa shape index (κ3) is 2.59. The largest absolute Gasteiger partial charge is 0.294 e. The van der Waals surface area contributed by atoms with Gasteiger partial charge in [-0.05, 0) is 18.6 Å². The lowest BCUT2D eigenvalue weighted by atomic mass is 10.2. The zero-order valence-corrected chi connectivity index (χ0v) is 12.1. The average Bonchev–Trinajstić information content (AvgIpc) is 3.06. The van der Waals surface area contributed by atoms with Crippen molar-refractivity contribution in [1.82, 2.24) is 24.6 Å². The molecule has 0 saturated carbocycles. The molecule has 3 heterocycles. The number of aryl methyl sites for hydroxylation is 1. The zero-order valence-electron chi connectivity index (χ0n) is 11.3. The second kappa shape index (κ2) is 5.53. The molecule has 0 unspecified atom stereocenters. The van der Waals surface area contributed by atoms with E-state index in [-0.39, 0.29) is 5.91 Å². The van der Waals surface area contributed by atoms with Gasteiger partial charge in [-0.15, -0.1) is 0 Å². The average molecular weight is 305 g/mol. The number of anilines is 1. The molecule has 3 rings (SSSR count). The first-order chi connectivity index (χ1) is 10.2. The number of carbonyl (C=O) groups is 1. The summed E-state index contributed by atoms with van der Waals surface area (Å²) < 4.78 is 1.69. The first-order valence-electron chi connectivity index (χ1n) is 6.52. The smallest absolute Gasteiger partial charge is 0.276 e.